The number of carboxylic acids is 1. The van der Waals surface area contributed by atoms with E-state index in [-0.39, 0.29) is 6.42 Å². The van der Waals surface area contributed by atoms with E-state index in [4.69, 9.17) is 9.84 Å². The van der Waals surface area contributed by atoms with Crippen LogP contribution in [-0.2, 0) is 9.59 Å². The van der Waals surface area contributed by atoms with E-state index < -0.39 is 22.4 Å². The molecule has 1 saturated heterocycles. The van der Waals surface area contributed by atoms with E-state index in [1.807, 2.05) is 0 Å². The third-order valence-electron chi connectivity index (χ3n) is 2.61. The Bertz CT molecular complexity index is 527. The summed E-state index contributed by atoms with van der Waals surface area (Å²) < 4.78 is 4.99. The third-order valence-corrected chi connectivity index (χ3v) is 3.65. The van der Waals surface area contributed by atoms with Crippen LogP contribution in [0.25, 0.3) is 0 Å². The van der Waals surface area contributed by atoms with Gasteiger partial charge in [0.15, 0.2) is 0 Å². The summed E-state index contributed by atoms with van der Waals surface area (Å²) in [5, 5.41) is 7.38. The summed E-state index contributed by atoms with van der Waals surface area (Å²) >= 11 is 0.740. The molecule has 7 heteroatoms. The number of carboxylic acid groups (broad SMARTS) is 1. The molecule has 1 aliphatic heterocycles. The van der Waals surface area contributed by atoms with Gasteiger partial charge in [0.25, 0.3) is 5.24 Å². The molecular weight excluding hydrogens is 270 g/mol. The van der Waals surface area contributed by atoms with Crippen LogP contribution < -0.4 is 9.64 Å². The molecule has 6 nitrogen and oxygen atoms in total. The zero-order valence-electron chi connectivity index (χ0n) is 10.0. The Labute approximate surface area is 113 Å². The number of imide groups is 1. The van der Waals surface area contributed by atoms with Gasteiger partial charge in [0, 0.05) is 0 Å². The fourth-order valence-electron chi connectivity index (χ4n) is 1.71. The van der Waals surface area contributed by atoms with Gasteiger partial charge in [0.2, 0.25) is 5.91 Å². The summed E-state index contributed by atoms with van der Waals surface area (Å²) in [5.74, 6) is -0.990. The molecule has 0 radical (unpaired) electrons. The van der Waals surface area contributed by atoms with Gasteiger partial charge in [-0.05, 0) is 36.0 Å². The normalized spacial score (nSPS) is 18.8. The molecule has 1 aromatic carbocycles. The van der Waals surface area contributed by atoms with Crippen LogP contribution in [0.1, 0.15) is 6.42 Å². The van der Waals surface area contributed by atoms with Crippen molar-refractivity contribution in [3.8, 4) is 5.75 Å². The standard InChI is InChI=1S/C12H11NO5S/c1-18-8-4-2-7(3-5-8)13-11(16)9(6-10(14)15)19-12(13)17/h2-5,9H,6H2,1H3,(H,14,15)/t9-/m0/s1. The number of nitrogens with zero attached hydrogens (tertiary/aromatic N) is 1. The topological polar surface area (TPSA) is 83.9 Å². The van der Waals surface area contributed by atoms with E-state index in [9.17, 15) is 14.4 Å². The van der Waals surface area contributed by atoms with Crippen molar-refractivity contribution in [2.75, 3.05) is 12.0 Å². The minimum absolute atomic E-state index is 0.359. The van der Waals surface area contributed by atoms with Crippen LogP contribution >= 0.6 is 11.8 Å². The van der Waals surface area contributed by atoms with Gasteiger partial charge in [-0.15, -0.1) is 0 Å². The molecule has 19 heavy (non-hydrogen) atoms. The fourth-order valence-corrected chi connectivity index (χ4v) is 2.69. The Morgan fingerprint density at radius 1 is 1.37 bits per heavy atom. The molecule has 2 amide bonds. The molecule has 1 atom stereocenters. The van der Waals surface area contributed by atoms with Gasteiger partial charge in [-0.2, -0.15) is 0 Å². The zero-order valence-corrected chi connectivity index (χ0v) is 10.8. The van der Waals surface area contributed by atoms with Crippen LogP contribution in [0.15, 0.2) is 24.3 Å². The van der Waals surface area contributed by atoms with Crippen molar-refractivity contribution in [1.82, 2.24) is 0 Å². The molecule has 0 bridgehead atoms. The lowest BCUT2D eigenvalue weighted by Gasteiger charge is -2.13. The van der Waals surface area contributed by atoms with Crippen LogP contribution in [0.3, 0.4) is 0 Å². The van der Waals surface area contributed by atoms with Crippen molar-refractivity contribution in [1.29, 1.82) is 0 Å². The van der Waals surface area contributed by atoms with Gasteiger partial charge >= 0.3 is 5.97 Å². The highest BCUT2D eigenvalue weighted by atomic mass is 32.2. The first-order valence-corrected chi connectivity index (χ1v) is 6.31. The van der Waals surface area contributed by atoms with Crippen LogP contribution in [0.4, 0.5) is 10.5 Å². The van der Waals surface area contributed by atoms with Crippen LogP contribution in [-0.4, -0.2) is 34.6 Å². The van der Waals surface area contributed by atoms with Crippen molar-refractivity contribution in [3.05, 3.63) is 24.3 Å². The Morgan fingerprint density at radius 3 is 2.53 bits per heavy atom. The average molecular weight is 281 g/mol. The van der Waals surface area contributed by atoms with Crippen molar-refractivity contribution in [2.24, 2.45) is 0 Å². The van der Waals surface area contributed by atoms with E-state index >= 15 is 0 Å². The molecule has 2 rings (SSSR count). The highest BCUT2D eigenvalue weighted by Crippen LogP contribution is 2.33. The second-order valence-electron chi connectivity index (χ2n) is 3.84. The zero-order chi connectivity index (χ0) is 14.0. The second kappa shape index (κ2) is 5.31. The molecule has 0 saturated carbocycles. The lowest BCUT2D eigenvalue weighted by Crippen LogP contribution is -2.32. The lowest BCUT2D eigenvalue weighted by atomic mass is 10.2. The van der Waals surface area contributed by atoms with Crippen LogP contribution in [0.2, 0.25) is 0 Å². The summed E-state index contributed by atoms with van der Waals surface area (Å²) in [5.41, 5.74) is 0.413. The number of ether oxygens (including phenoxy) is 1. The number of carbonyl (C=O) groups is 3. The van der Waals surface area contributed by atoms with E-state index in [0.29, 0.717) is 11.4 Å². The molecule has 1 aromatic rings. The van der Waals surface area contributed by atoms with Gasteiger partial charge in [-0.3, -0.25) is 14.4 Å². The quantitative estimate of drug-likeness (QED) is 0.905. The highest BCUT2D eigenvalue weighted by Gasteiger charge is 2.41. The first-order chi connectivity index (χ1) is 9.02. The number of rotatable bonds is 4. The average Bonchev–Trinajstić information content (AvgIpc) is 2.64. The smallest absolute Gasteiger partial charge is 0.305 e. The molecule has 100 valence electrons. The number of hydrogen-bond acceptors (Lipinski definition) is 5. The van der Waals surface area contributed by atoms with Gasteiger partial charge in [0.1, 0.15) is 11.0 Å². The third kappa shape index (κ3) is 2.70. The van der Waals surface area contributed by atoms with Gasteiger partial charge in [-0.25, -0.2) is 4.90 Å². The molecule has 0 aromatic heterocycles. The summed E-state index contributed by atoms with van der Waals surface area (Å²) in [6.45, 7) is 0. The van der Waals surface area contributed by atoms with Gasteiger partial charge in [-0.1, -0.05) is 0 Å². The first-order valence-electron chi connectivity index (χ1n) is 5.43. The largest absolute Gasteiger partial charge is 0.497 e. The second-order valence-corrected chi connectivity index (χ2v) is 5.00. The number of anilines is 1. The Morgan fingerprint density at radius 2 is 2.00 bits per heavy atom. The summed E-state index contributed by atoms with van der Waals surface area (Å²) in [7, 11) is 1.51. The summed E-state index contributed by atoms with van der Waals surface area (Å²) in [6.07, 6.45) is -0.359. The number of carbonyl (C=O) groups excluding carboxylic acids is 2. The van der Waals surface area contributed by atoms with E-state index in [1.165, 1.54) is 7.11 Å². The monoisotopic (exact) mass is 281 g/mol. The van der Waals surface area contributed by atoms with Gasteiger partial charge < -0.3 is 9.84 Å². The van der Waals surface area contributed by atoms with Crippen LogP contribution in [0, 0.1) is 0 Å². The number of benzene rings is 1. The van der Waals surface area contributed by atoms with Crippen molar-refractivity contribution in [2.45, 2.75) is 11.7 Å². The molecule has 1 aliphatic rings. The van der Waals surface area contributed by atoms with Crippen LogP contribution in [0.5, 0.6) is 5.75 Å². The Kier molecular flexibility index (Phi) is 3.75. The van der Waals surface area contributed by atoms with E-state index in [1.54, 1.807) is 24.3 Å². The van der Waals surface area contributed by atoms with E-state index in [0.717, 1.165) is 16.7 Å². The predicted molar refractivity (Wildman–Crippen MR) is 69.5 cm³/mol. The molecule has 0 spiro atoms. The molecule has 0 aliphatic carbocycles. The van der Waals surface area contributed by atoms with E-state index in [2.05, 4.69) is 0 Å². The lowest BCUT2D eigenvalue weighted by molar-refractivity contribution is -0.138. The molecule has 1 heterocycles. The number of amides is 2. The maximum absolute atomic E-state index is 12.0. The Hall–Kier alpha value is -2.02. The first kappa shape index (κ1) is 13.4. The summed E-state index contributed by atoms with van der Waals surface area (Å²) in [4.78, 5) is 35.4. The number of hydrogen-bond donors (Lipinski definition) is 1. The van der Waals surface area contributed by atoms with Crippen molar-refractivity contribution < 1.29 is 24.2 Å². The van der Waals surface area contributed by atoms with Crippen molar-refractivity contribution >= 4 is 34.6 Å². The molecule has 1 N–H and O–H groups in total. The number of methoxy groups -OCH3 is 1. The fraction of sp³-hybridized carbons (Fsp3) is 0.250. The SMILES string of the molecule is COc1ccc(N2C(=O)S[C@@H](CC(=O)O)C2=O)cc1. The minimum atomic E-state index is -1.10. The molecule has 1 fully saturated rings. The molecular formula is C12H11NO5S. The number of thioether (sulfide) groups is 1. The maximum atomic E-state index is 12.0. The minimum Gasteiger partial charge on any atom is -0.497 e. The summed E-state index contributed by atoms with van der Waals surface area (Å²) in [6, 6.07) is 6.42. The highest BCUT2D eigenvalue weighted by molar-refractivity contribution is 8.15. The Balaban J connectivity index is 2.21. The predicted octanol–water partition coefficient (Wildman–Crippen LogP) is 1.74. The maximum Gasteiger partial charge on any atom is 0.305 e. The molecule has 0 unspecified atom stereocenters. The van der Waals surface area contributed by atoms with Crippen molar-refractivity contribution in [3.63, 3.8) is 0 Å². The number of aliphatic carboxylic acids is 1. The van der Waals surface area contributed by atoms with Gasteiger partial charge in [0.05, 0.1) is 19.2 Å².